The molecule has 4 rings (SSSR count). The maximum absolute atomic E-state index is 13.3. The van der Waals surface area contributed by atoms with Gasteiger partial charge in [-0.05, 0) is 51.0 Å². The number of nitrogens with one attached hydrogen (secondary N) is 1. The first-order valence-corrected chi connectivity index (χ1v) is 13.1. The Morgan fingerprint density at radius 3 is 2.80 bits per heavy atom. The van der Waals surface area contributed by atoms with Crippen molar-refractivity contribution in [1.29, 1.82) is 0 Å². The van der Waals surface area contributed by atoms with Crippen LogP contribution >= 0.6 is 34.7 Å². The summed E-state index contributed by atoms with van der Waals surface area (Å²) in [6, 6.07) is 5.14. The van der Waals surface area contributed by atoms with Gasteiger partial charge in [0.1, 0.15) is 4.75 Å². The van der Waals surface area contributed by atoms with Crippen LogP contribution in [0.3, 0.4) is 0 Å². The van der Waals surface area contributed by atoms with Crippen molar-refractivity contribution < 1.29 is 23.9 Å². The van der Waals surface area contributed by atoms with Gasteiger partial charge in [-0.1, -0.05) is 34.7 Å². The van der Waals surface area contributed by atoms with E-state index in [1.807, 2.05) is 12.1 Å². The zero-order chi connectivity index (χ0) is 25.4. The first-order valence-electron chi connectivity index (χ1n) is 11.1. The van der Waals surface area contributed by atoms with Crippen LogP contribution in [0, 0.1) is 0 Å². The molecule has 188 valence electrons. The van der Waals surface area contributed by atoms with E-state index in [0.29, 0.717) is 42.8 Å². The number of methoxy groups -OCH3 is 1. The molecule has 2 aliphatic heterocycles. The van der Waals surface area contributed by atoms with Crippen molar-refractivity contribution in [1.82, 2.24) is 9.88 Å². The molecule has 1 aromatic carbocycles. The molecular formula is C23H27ClN4O5S2. The van der Waals surface area contributed by atoms with E-state index < -0.39 is 10.2 Å². The lowest BCUT2D eigenvalue weighted by atomic mass is 9.81. The lowest BCUT2D eigenvalue weighted by molar-refractivity contribution is -0.145. The lowest BCUT2D eigenvalue weighted by Gasteiger charge is -2.25. The molecule has 2 aliphatic rings. The van der Waals surface area contributed by atoms with Gasteiger partial charge in [0.2, 0.25) is 0 Å². The van der Waals surface area contributed by atoms with E-state index >= 15 is 0 Å². The van der Waals surface area contributed by atoms with E-state index in [2.05, 4.69) is 10.3 Å². The molecular weight excluding hydrogens is 512 g/mol. The number of carbonyl (C=O) groups is 3. The molecule has 0 aliphatic carbocycles. The molecule has 0 bridgehead atoms. The zero-order valence-corrected chi connectivity index (χ0v) is 22.3. The largest absolute Gasteiger partial charge is 0.465 e. The summed E-state index contributed by atoms with van der Waals surface area (Å²) in [4.78, 5) is 45.3. The van der Waals surface area contributed by atoms with Gasteiger partial charge in [-0.2, -0.15) is 0 Å². The topological polar surface area (TPSA) is 101 Å². The van der Waals surface area contributed by atoms with Gasteiger partial charge in [0.15, 0.2) is 5.13 Å². The Kier molecular flexibility index (Phi) is 7.21. The molecule has 1 fully saturated rings. The van der Waals surface area contributed by atoms with Crippen LogP contribution in [-0.4, -0.2) is 66.1 Å². The van der Waals surface area contributed by atoms with Crippen LogP contribution in [0.15, 0.2) is 28.6 Å². The Morgan fingerprint density at radius 1 is 1.31 bits per heavy atom. The number of ether oxygens (including phenoxy) is 2. The third-order valence-corrected chi connectivity index (χ3v) is 8.56. The van der Waals surface area contributed by atoms with Gasteiger partial charge in [-0.15, -0.1) is 0 Å². The van der Waals surface area contributed by atoms with Gasteiger partial charge in [0.25, 0.3) is 0 Å². The number of fused-ring (bicyclic) bond motifs is 2. The summed E-state index contributed by atoms with van der Waals surface area (Å²) >= 11 is 8.93. The quantitative estimate of drug-likeness (QED) is 0.422. The second-order valence-electron chi connectivity index (χ2n) is 8.92. The maximum atomic E-state index is 13.3. The molecule has 3 heterocycles. The minimum atomic E-state index is -0.780. The summed E-state index contributed by atoms with van der Waals surface area (Å²) in [6.45, 7) is 7.05. The number of thiazole rings is 1. The number of aromatic nitrogens is 1. The average molecular weight is 539 g/mol. The molecule has 1 unspecified atom stereocenters. The van der Waals surface area contributed by atoms with Crippen molar-refractivity contribution in [3.05, 3.63) is 35.0 Å². The second kappa shape index (κ2) is 9.87. The molecule has 0 radical (unpaired) electrons. The third kappa shape index (κ3) is 5.07. The summed E-state index contributed by atoms with van der Waals surface area (Å²) in [7, 11) is 1.36. The predicted molar refractivity (Wildman–Crippen MR) is 137 cm³/mol. The molecule has 1 spiro atoms. The second-order valence-corrected chi connectivity index (χ2v) is 12.3. The molecule has 0 saturated carbocycles. The van der Waals surface area contributed by atoms with E-state index in [1.165, 1.54) is 30.2 Å². The molecule has 12 heteroatoms. The Hall–Kier alpha value is -2.50. The smallest absolute Gasteiger partial charge is 0.409 e. The Labute approximate surface area is 217 Å². The van der Waals surface area contributed by atoms with E-state index in [9.17, 15) is 14.4 Å². The number of anilines is 2. The number of nitrogens with zero attached hydrogens (tertiary/aromatic N) is 3. The normalized spacial score (nSPS) is 19.1. The lowest BCUT2D eigenvalue weighted by Crippen LogP contribution is -2.41. The number of rotatable bonds is 5. The molecule has 1 aromatic heterocycles. The number of hydrogen-bond donors (Lipinski definition) is 1. The number of urea groups is 1. The summed E-state index contributed by atoms with van der Waals surface area (Å²) in [5.41, 5.74) is 1.28. The highest BCUT2D eigenvalue weighted by Crippen LogP contribution is 2.47. The van der Waals surface area contributed by atoms with Crippen LogP contribution in [0.1, 0.15) is 32.8 Å². The first kappa shape index (κ1) is 25.6. The Morgan fingerprint density at radius 2 is 2.09 bits per heavy atom. The minimum Gasteiger partial charge on any atom is -0.465 e. The molecule has 9 nitrogen and oxygen atoms in total. The SMILES string of the molecule is CCOC(=O)C(C)(C)Sc1cnc(NC(=O)N2CC3(CCN(C(=O)OC)C3)c3cc(Cl)ccc32)s1. The van der Waals surface area contributed by atoms with Crippen LogP contribution in [0.5, 0.6) is 0 Å². The van der Waals surface area contributed by atoms with Gasteiger partial charge in [-0.25, -0.2) is 14.6 Å². The highest BCUT2D eigenvalue weighted by Gasteiger charge is 2.50. The molecule has 1 atom stereocenters. The molecule has 1 saturated heterocycles. The van der Waals surface area contributed by atoms with Crippen LogP contribution in [0.25, 0.3) is 0 Å². The van der Waals surface area contributed by atoms with Crippen LogP contribution < -0.4 is 10.2 Å². The summed E-state index contributed by atoms with van der Waals surface area (Å²) in [5, 5.41) is 3.88. The van der Waals surface area contributed by atoms with E-state index in [0.717, 1.165) is 15.5 Å². The Balaban J connectivity index is 1.50. The third-order valence-electron chi connectivity index (χ3n) is 6.13. The number of hydrogen-bond acceptors (Lipinski definition) is 8. The minimum absolute atomic E-state index is 0.306. The Bertz CT molecular complexity index is 1160. The summed E-state index contributed by atoms with van der Waals surface area (Å²) in [6.07, 6.45) is 1.95. The van der Waals surface area contributed by atoms with Crippen LogP contribution in [0.4, 0.5) is 20.4 Å². The van der Waals surface area contributed by atoms with E-state index in [-0.39, 0.29) is 18.1 Å². The number of esters is 1. The fraction of sp³-hybridized carbons (Fsp3) is 0.478. The fourth-order valence-corrected chi connectivity index (χ4v) is 6.94. The van der Waals surface area contributed by atoms with Crippen molar-refractivity contribution in [2.75, 3.05) is 43.6 Å². The monoisotopic (exact) mass is 538 g/mol. The van der Waals surface area contributed by atoms with Gasteiger partial charge in [0, 0.05) is 35.8 Å². The number of thioether (sulfide) groups is 1. The van der Waals surface area contributed by atoms with E-state index in [4.69, 9.17) is 21.1 Å². The van der Waals surface area contributed by atoms with Crippen molar-refractivity contribution in [2.45, 2.75) is 41.6 Å². The van der Waals surface area contributed by atoms with Gasteiger partial charge in [-0.3, -0.25) is 15.0 Å². The number of benzene rings is 1. The van der Waals surface area contributed by atoms with Crippen molar-refractivity contribution >= 4 is 63.6 Å². The highest BCUT2D eigenvalue weighted by molar-refractivity contribution is 8.03. The summed E-state index contributed by atoms with van der Waals surface area (Å²) < 4.78 is 10.0. The zero-order valence-electron chi connectivity index (χ0n) is 19.9. The van der Waals surface area contributed by atoms with Crippen molar-refractivity contribution in [3.8, 4) is 0 Å². The predicted octanol–water partition coefficient (Wildman–Crippen LogP) is 4.99. The van der Waals surface area contributed by atoms with E-state index in [1.54, 1.807) is 42.8 Å². The molecule has 2 aromatic rings. The van der Waals surface area contributed by atoms with Crippen molar-refractivity contribution in [2.24, 2.45) is 0 Å². The molecule has 1 N–H and O–H groups in total. The van der Waals surface area contributed by atoms with Gasteiger partial charge < -0.3 is 14.4 Å². The number of likely N-dealkylation sites (tertiary alicyclic amines) is 1. The average Bonchev–Trinajstić information content (AvgIpc) is 3.52. The van der Waals surface area contributed by atoms with Crippen LogP contribution in [0.2, 0.25) is 5.02 Å². The number of carbonyl (C=O) groups excluding carboxylic acids is 3. The fourth-order valence-electron chi connectivity index (χ4n) is 4.45. The highest BCUT2D eigenvalue weighted by atomic mass is 35.5. The maximum Gasteiger partial charge on any atom is 0.409 e. The van der Waals surface area contributed by atoms with Crippen molar-refractivity contribution in [3.63, 3.8) is 0 Å². The molecule has 3 amide bonds. The van der Waals surface area contributed by atoms with Gasteiger partial charge in [0.05, 0.1) is 24.1 Å². The number of halogens is 1. The molecule has 35 heavy (non-hydrogen) atoms. The summed E-state index contributed by atoms with van der Waals surface area (Å²) in [5.74, 6) is -0.306. The first-order chi connectivity index (χ1) is 16.6. The standard InChI is InChI=1S/C23H27ClN4O5S2/c1-5-33-18(29)22(2,3)35-17-11-25-19(34-17)26-20(30)28-13-23(8-9-27(12-23)21(31)32-4)15-10-14(24)6-7-16(15)28/h6-7,10-11H,5,8-9,12-13H2,1-4H3,(H,25,26,30). The van der Waals surface area contributed by atoms with Crippen LogP contribution in [-0.2, 0) is 19.7 Å². The number of amides is 3. The van der Waals surface area contributed by atoms with Gasteiger partial charge >= 0.3 is 18.1 Å².